The summed E-state index contributed by atoms with van der Waals surface area (Å²) in [5.74, 6) is -0.847. The average Bonchev–Trinajstić information content (AvgIpc) is 3.42. The molecular weight excluding hydrogens is 472 g/mol. The van der Waals surface area contributed by atoms with E-state index < -0.39 is 30.4 Å². The van der Waals surface area contributed by atoms with Crippen molar-refractivity contribution >= 4 is 11.3 Å². The largest absolute Gasteiger partial charge is 0.396 e. The summed E-state index contributed by atoms with van der Waals surface area (Å²) in [7, 11) is 0. The van der Waals surface area contributed by atoms with Gasteiger partial charge < -0.3 is 10.8 Å². The van der Waals surface area contributed by atoms with E-state index in [-0.39, 0.29) is 29.5 Å². The number of anilines is 1. The lowest BCUT2D eigenvalue weighted by atomic mass is 9.87. The van der Waals surface area contributed by atoms with Gasteiger partial charge in [0.05, 0.1) is 29.2 Å². The molecule has 2 aromatic heterocycles. The number of alkyl halides is 3. The van der Waals surface area contributed by atoms with Crippen molar-refractivity contribution in [1.29, 1.82) is 5.26 Å². The summed E-state index contributed by atoms with van der Waals surface area (Å²) >= 11 is 0. The minimum Gasteiger partial charge on any atom is -0.396 e. The number of hydrogen-bond donors (Lipinski definition) is 2. The molecule has 0 aliphatic heterocycles. The van der Waals surface area contributed by atoms with E-state index in [1.165, 1.54) is 0 Å². The first-order chi connectivity index (χ1) is 17.2. The lowest BCUT2D eigenvalue weighted by Crippen LogP contribution is -2.11. The molecule has 1 aliphatic rings. The van der Waals surface area contributed by atoms with Gasteiger partial charge in [0.1, 0.15) is 24.3 Å². The maximum atomic E-state index is 14.8. The predicted molar refractivity (Wildman–Crippen MR) is 127 cm³/mol. The summed E-state index contributed by atoms with van der Waals surface area (Å²) in [6, 6.07) is 10.6. The number of nitriles is 1. The molecule has 2 heterocycles. The highest BCUT2D eigenvalue weighted by molar-refractivity contribution is 5.75. The summed E-state index contributed by atoms with van der Waals surface area (Å²) in [4.78, 5) is 4.35. The van der Waals surface area contributed by atoms with Gasteiger partial charge in [0.25, 0.3) is 0 Å². The molecule has 0 fully saturated rings. The maximum Gasteiger partial charge on any atom is 0.160 e. The molecule has 5 rings (SSSR count). The van der Waals surface area contributed by atoms with Crippen LogP contribution in [0.1, 0.15) is 52.6 Å². The molecule has 36 heavy (non-hydrogen) atoms. The van der Waals surface area contributed by atoms with Gasteiger partial charge in [0.15, 0.2) is 11.8 Å². The highest BCUT2D eigenvalue weighted by Crippen LogP contribution is 2.43. The van der Waals surface area contributed by atoms with E-state index in [2.05, 4.69) is 4.98 Å². The van der Waals surface area contributed by atoms with Crippen molar-refractivity contribution in [2.45, 2.75) is 44.4 Å². The third-order valence-corrected chi connectivity index (χ3v) is 6.77. The fourth-order valence-corrected chi connectivity index (χ4v) is 5.04. The van der Waals surface area contributed by atoms with Crippen molar-refractivity contribution in [2.24, 2.45) is 0 Å². The topological polar surface area (TPSA) is 87.3 Å². The number of pyridine rings is 1. The smallest absolute Gasteiger partial charge is 0.160 e. The van der Waals surface area contributed by atoms with Crippen molar-refractivity contribution in [2.75, 3.05) is 5.73 Å². The number of halogens is 4. The molecule has 4 atom stereocenters. The Labute approximate surface area is 204 Å². The maximum absolute atomic E-state index is 14.8. The van der Waals surface area contributed by atoms with E-state index in [4.69, 9.17) is 5.73 Å². The first-order valence-electron chi connectivity index (χ1n) is 11.4. The number of aromatic nitrogens is 2. The third-order valence-electron chi connectivity index (χ3n) is 6.77. The van der Waals surface area contributed by atoms with E-state index in [0.717, 1.165) is 19.1 Å². The molecule has 4 aromatic rings. The lowest BCUT2D eigenvalue weighted by Gasteiger charge is -2.19. The molecule has 184 valence electrons. The standard InChI is InChI=1S/C27H22F4N4O/c1-13(28)25(31)20-9-16(29)7-15(11-32)18(20)8-14-4-5-17(24-19(14)10-21(30)26(24)36)23-12-34-27-22(33)3-2-6-35(23)27/h2-7,9,12-13,21,25-26,36H,8,10,33H2,1H3. The molecule has 9 heteroatoms. The number of nitrogen functional groups attached to an aromatic ring is 1. The Kier molecular flexibility index (Phi) is 5.92. The predicted octanol–water partition coefficient (Wildman–Crippen LogP) is 5.48. The molecule has 0 bridgehead atoms. The number of imidazole rings is 1. The van der Waals surface area contributed by atoms with Gasteiger partial charge in [-0.15, -0.1) is 0 Å². The third kappa shape index (κ3) is 3.78. The van der Waals surface area contributed by atoms with Crippen LogP contribution >= 0.6 is 0 Å². The number of aliphatic hydroxyl groups is 1. The number of aliphatic hydroxyl groups excluding tert-OH is 1. The Balaban J connectivity index is 1.68. The van der Waals surface area contributed by atoms with Gasteiger partial charge in [-0.25, -0.2) is 22.5 Å². The number of benzene rings is 2. The van der Waals surface area contributed by atoms with E-state index in [0.29, 0.717) is 39.3 Å². The minimum absolute atomic E-state index is 0.0617. The zero-order chi connectivity index (χ0) is 25.7. The summed E-state index contributed by atoms with van der Waals surface area (Å²) in [5, 5.41) is 20.3. The van der Waals surface area contributed by atoms with Crippen molar-refractivity contribution in [3.63, 3.8) is 0 Å². The molecule has 3 N–H and O–H groups in total. The molecule has 0 saturated carbocycles. The number of nitrogens with two attached hydrogens (primary N) is 1. The Morgan fingerprint density at radius 1 is 1.28 bits per heavy atom. The van der Waals surface area contributed by atoms with E-state index in [1.54, 1.807) is 41.1 Å². The molecule has 0 saturated heterocycles. The van der Waals surface area contributed by atoms with Crippen molar-refractivity contribution in [1.82, 2.24) is 9.38 Å². The Morgan fingerprint density at radius 3 is 2.78 bits per heavy atom. The zero-order valence-corrected chi connectivity index (χ0v) is 19.2. The van der Waals surface area contributed by atoms with E-state index in [9.17, 15) is 27.9 Å². The van der Waals surface area contributed by atoms with Crippen LogP contribution in [0.2, 0.25) is 0 Å². The lowest BCUT2D eigenvalue weighted by molar-refractivity contribution is 0.0929. The van der Waals surface area contributed by atoms with Gasteiger partial charge in [0, 0.05) is 18.2 Å². The Bertz CT molecular complexity index is 1520. The quantitative estimate of drug-likeness (QED) is 0.360. The fourth-order valence-electron chi connectivity index (χ4n) is 5.04. The highest BCUT2D eigenvalue weighted by atomic mass is 19.2. The van der Waals surface area contributed by atoms with Crippen LogP contribution in [0.25, 0.3) is 16.9 Å². The number of nitrogens with zero attached hydrogens (tertiary/aromatic N) is 3. The van der Waals surface area contributed by atoms with Crippen LogP contribution in [-0.4, -0.2) is 26.8 Å². The Morgan fingerprint density at radius 2 is 2.06 bits per heavy atom. The number of rotatable bonds is 5. The monoisotopic (exact) mass is 494 g/mol. The zero-order valence-electron chi connectivity index (χ0n) is 19.2. The minimum atomic E-state index is -2.14. The fraction of sp³-hybridized carbons (Fsp3) is 0.259. The highest BCUT2D eigenvalue weighted by Gasteiger charge is 2.36. The van der Waals surface area contributed by atoms with Gasteiger partial charge in [-0.2, -0.15) is 5.26 Å². The van der Waals surface area contributed by atoms with Crippen LogP contribution in [0.5, 0.6) is 0 Å². The van der Waals surface area contributed by atoms with Gasteiger partial charge in [0.2, 0.25) is 0 Å². The van der Waals surface area contributed by atoms with E-state index >= 15 is 0 Å². The Hall–Kier alpha value is -3.90. The van der Waals surface area contributed by atoms with Crippen LogP contribution in [0.4, 0.5) is 23.2 Å². The molecule has 4 unspecified atom stereocenters. The number of fused-ring (bicyclic) bond motifs is 2. The second-order valence-corrected chi connectivity index (χ2v) is 9.02. The van der Waals surface area contributed by atoms with Crippen LogP contribution in [0.15, 0.2) is 48.8 Å². The normalized spacial score (nSPS) is 18.7. The summed E-state index contributed by atoms with van der Waals surface area (Å²) in [5.41, 5.74) is 9.29. The van der Waals surface area contributed by atoms with Gasteiger partial charge in [-0.05, 0) is 65.4 Å². The second-order valence-electron chi connectivity index (χ2n) is 9.02. The van der Waals surface area contributed by atoms with Crippen LogP contribution < -0.4 is 5.73 Å². The van der Waals surface area contributed by atoms with Crippen molar-refractivity contribution < 1.29 is 22.7 Å². The van der Waals surface area contributed by atoms with Gasteiger partial charge >= 0.3 is 0 Å². The van der Waals surface area contributed by atoms with E-state index in [1.807, 2.05) is 6.07 Å². The average molecular weight is 494 g/mol. The summed E-state index contributed by atoms with van der Waals surface area (Å²) < 4.78 is 59.3. The second kappa shape index (κ2) is 8.95. The molecule has 1 aliphatic carbocycles. The summed E-state index contributed by atoms with van der Waals surface area (Å²) in [6.07, 6.45) is -3.88. The van der Waals surface area contributed by atoms with Gasteiger partial charge in [-0.3, -0.25) is 4.40 Å². The number of hydrogen-bond acceptors (Lipinski definition) is 4. The first-order valence-corrected chi connectivity index (χ1v) is 11.4. The molecule has 0 spiro atoms. The molecular formula is C27H22F4N4O. The van der Waals surface area contributed by atoms with Crippen LogP contribution in [-0.2, 0) is 12.8 Å². The van der Waals surface area contributed by atoms with Crippen LogP contribution in [0, 0.1) is 17.1 Å². The molecule has 0 amide bonds. The first kappa shape index (κ1) is 23.8. The van der Waals surface area contributed by atoms with Crippen molar-refractivity contribution in [3.05, 3.63) is 88.0 Å². The summed E-state index contributed by atoms with van der Waals surface area (Å²) in [6.45, 7) is 1.02. The SMILES string of the molecule is CC(F)C(F)c1cc(F)cc(C#N)c1Cc1ccc(-c2cnc3c(N)cccn23)c2c1CC(F)C2O. The molecule has 0 radical (unpaired) electrons. The molecule has 2 aromatic carbocycles. The van der Waals surface area contributed by atoms with Crippen molar-refractivity contribution in [3.8, 4) is 17.3 Å². The van der Waals surface area contributed by atoms with Gasteiger partial charge in [-0.1, -0.05) is 12.1 Å². The molecule has 5 nitrogen and oxygen atoms in total. The van der Waals surface area contributed by atoms with Crippen LogP contribution in [0.3, 0.4) is 0 Å².